The minimum absolute atomic E-state index is 0.0197. The molecule has 5 nitrogen and oxygen atoms in total. The number of nitrogens with zero attached hydrogens (tertiary/aromatic N) is 2. The van der Waals surface area contributed by atoms with Crippen molar-refractivity contribution in [2.75, 3.05) is 12.4 Å². The number of aromatic nitrogens is 2. The fourth-order valence-corrected chi connectivity index (χ4v) is 2.10. The number of hydrogen-bond donors (Lipinski definition) is 1. The zero-order chi connectivity index (χ0) is 16.8. The first kappa shape index (κ1) is 16.9. The van der Waals surface area contributed by atoms with Crippen LogP contribution in [0.3, 0.4) is 0 Å². The first-order valence-corrected chi connectivity index (χ1v) is 7.90. The molecule has 1 atom stereocenters. The topological polar surface area (TPSA) is 64.1 Å². The summed E-state index contributed by atoms with van der Waals surface area (Å²) >= 11 is 0. The maximum atomic E-state index is 12.0. The Kier molecular flexibility index (Phi) is 5.68. The van der Waals surface area contributed by atoms with Crippen LogP contribution in [0.4, 0.5) is 5.82 Å². The molecular weight excluding hydrogens is 290 g/mol. The van der Waals surface area contributed by atoms with E-state index in [-0.39, 0.29) is 11.8 Å². The minimum atomic E-state index is -0.0391. The highest BCUT2D eigenvalue weighted by Crippen LogP contribution is 2.23. The summed E-state index contributed by atoms with van der Waals surface area (Å²) in [6, 6.07) is 7.67. The lowest BCUT2D eigenvalue weighted by Gasteiger charge is -2.13. The van der Waals surface area contributed by atoms with Crippen LogP contribution in [0.15, 0.2) is 30.5 Å². The molecule has 5 heteroatoms. The van der Waals surface area contributed by atoms with Gasteiger partial charge in [0.25, 0.3) is 0 Å². The average molecular weight is 313 g/mol. The third kappa shape index (κ3) is 4.06. The molecule has 0 radical (unpaired) electrons. The summed E-state index contributed by atoms with van der Waals surface area (Å²) in [6.45, 7) is 5.89. The molecule has 0 bridgehead atoms. The molecule has 0 saturated carbocycles. The van der Waals surface area contributed by atoms with Crippen LogP contribution in [-0.4, -0.2) is 23.0 Å². The number of amides is 1. The van der Waals surface area contributed by atoms with Gasteiger partial charge < -0.3 is 10.1 Å². The SMILES string of the molecule is CCc1nc(-c2ccc(OC)cc2)cnc1NC(=O)C(C)CC. The lowest BCUT2D eigenvalue weighted by Crippen LogP contribution is -2.21. The third-order valence-electron chi connectivity index (χ3n) is 3.87. The Bertz CT molecular complexity index is 668. The van der Waals surface area contributed by atoms with Gasteiger partial charge in [-0.2, -0.15) is 0 Å². The molecule has 0 spiro atoms. The van der Waals surface area contributed by atoms with Crippen molar-refractivity contribution >= 4 is 11.7 Å². The maximum Gasteiger partial charge on any atom is 0.228 e. The number of aryl methyl sites for hydroxylation is 1. The van der Waals surface area contributed by atoms with Crippen LogP contribution >= 0.6 is 0 Å². The first-order valence-electron chi connectivity index (χ1n) is 7.90. The second kappa shape index (κ2) is 7.72. The van der Waals surface area contributed by atoms with E-state index in [1.54, 1.807) is 13.3 Å². The van der Waals surface area contributed by atoms with E-state index in [2.05, 4.69) is 15.3 Å². The second-order valence-corrected chi connectivity index (χ2v) is 5.43. The van der Waals surface area contributed by atoms with E-state index in [0.29, 0.717) is 12.2 Å². The van der Waals surface area contributed by atoms with Gasteiger partial charge in [0.05, 0.1) is 24.7 Å². The molecule has 0 aliphatic carbocycles. The number of ether oxygens (including phenoxy) is 1. The van der Waals surface area contributed by atoms with Crippen molar-refractivity contribution in [3.05, 3.63) is 36.2 Å². The number of carbonyl (C=O) groups excluding carboxylic acids is 1. The van der Waals surface area contributed by atoms with Crippen molar-refractivity contribution in [3.63, 3.8) is 0 Å². The van der Waals surface area contributed by atoms with Crippen molar-refractivity contribution in [1.82, 2.24) is 9.97 Å². The zero-order valence-electron chi connectivity index (χ0n) is 14.1. The Balaban J connectivity index is 2.26. The van der Waals surface area contributed by atoms with Gasteiger partial charge >= 0.3 is 0 Å². The molecule has 2 rings (SSSR count). The van der Waals surface area contributed by atoms with Crippen LogP contribution in [0, 0.1) is 5.92 Å². The molecule has 0 aliphatic heterocycles. The molecule has 1 N–H and O–H groups in total. The number of benzene rings is 1. The summed E-state index contributed by atoms with van der Waals surface area (Å²) in [4.78, 5) is 21.1. The third-order valence-corrected chi connectivity index (χ3v) is 3.87. The number of anilines is 1. The number of hydrogen-bond acceptors (Lipinski definition) is 4. The molecule has 0 aliphatic rings. The Hall–Kier alpha value is -2.43. The Labute approximate surface area is 137 Å². The molecule has 0 fully saturated rings. The molecule has 1 aromatic heterocycles. The lowest BCUT2D eigenvalue weighted by molar-refractivity contribution is -0.119. The lowest BCUT2D eigenvalue weighted by atomic mass is 10.1. The number of nitrogens with one attached hydrogen (secondary N) is 1. The van der Waals surface area contributed by atoms with Crippen molar-refractivity contribution in [2.45, 2.75) is 33.6 Å². The molecule has 2 aromatic rings. The summed E-state index contributed by atoms with van der Waals surface area (Å²) in [6.07, 6.45) is 3.19. The van der Waals surface area contributed by atoms with Crippen molar-refractivity contribution in [3.8, 4) is 17.0 Å². The second-order valence-electron chi connectivity index (χ2n) is 5.43. The van der Waals surface area contributed by atoms with Crippen LogP contribution in [0.5, 0.6) is 5.75 Å². The van der Waals surface area contributed by atoms with E-state index in [1.165, 1.54) is 0 Å². The van der Waals surface area contributed by atoms with Crippen LogP contribution in [0.2, 0.25) is 0 Å². The van der Waals surface area contributed by atoms with Gasteiger partial charge in [0.15, 0.2) is 5.82 Å². The smallest absolute Gasteiger partial charge is 0.228 e. The van der Waals surface area contributed by atoms with Gasteiger partial charge in [0, 0.05) is 11.5 Å². The maximum absolute atomic E-state index is 12.0. The van der Waals surface area contributed by atoms with Gasteiger partial charge in [0.1, 0.15) is 5.75 Å². The summed E-state index contributed by atoms with van der Waals surface area (Å²) < 4.78 is 5.16. The van der Waals surface area contributed by atoms with Gasteiger partial charge in [-0.3, -0.25) is 4.79 Å². The largest absolute Gasteiger partial charge is 0.497 e. The van der Waals surface area contributed by atoms with Gasteiger partial charge in [-0.15, -0.1) is 0 Å². The number of methoxy groups -OCH3 is 1. The number of carbonyl (C=O) groups is 1. The van der Waals surface area contributed by atoms with E-state index >= 15 is 0 Å². The van der Waals surface area contributed by atoms with Crippen LogP contribution < -0.4 is 10.1 Å². The standard InChI is InChI=1S/C18H23N3O2/c1-5-12(3)18(22)21-17-15(6-2)20-16(11-19-17)13-7-9-14(23-4)10-8-13/h7-12H,5-6H2,1-4H3,(H,19,21,22). The minimum Gasteiger partial charge on any atom is -0.497 e. The predicted molar refractivity (Wildman–Crippen MR) is 91.5 cm³/mol. The molecule has 1 heterocycles. The fraction of sp³-hybridized carbons (Fsp3) is 0.389. The van der Waals surface area contributed by atoms with Crippen molar-refractivity contribution < 1.29 is 9.53 Å². The van der Waals surface area contributed by atoms with E-state index in [4.69, 9.17) is 4.74 Å². The highest BCUT2D eigenvalue weighted by molar-refractivity contribution is 5.91. The Morgan fingerprint density at radius 1 is 1.26 bits per heavy atom. The van der Waals surface area contributed by atoms with E-state index in [0.717, 1.165) is 29.1 Å². The molecule has 122 valence electrons. The monoisotopic (exact) mass is 313 g/mol. The van der Waals surface area contributed by atoms with Gasteiger partial charge in [-0.1, -0.05) is 20.8 Å². The molecule has 1 amide bonds. The van der Waals surface area contributed by atoms with Gasteiger partial charge in [-0.25, -0.2) is 9.97 Å². The summed E-state index contributed by atoms with van der Waals surface area (Å²) in [5.41, 5.74) is 2.54. The van der Waals surface area contributed by atoms with Gasteiger partial charge in [-0.05, 0) is 37.1 Å². The molecule has 1 aromatic carbocycles. The molecule has 0 saturated heterocycles. The van der Waals surface area contributed by atoms with Crippen LogP contribution in [0.25, 0.3) is 11.3 Å². The number of rotatable bonds is 6. The van der Waals surface area contributed by atoms with E-state index in [1.807, 2.05) is 45.0 Å². The summed E-state index contributed by atoms with van der Waals surface area (Å²) in [5, 5.41) is 2.88. The highest BCUT2D eigenvalue weighted by Gasteiger charge is 2.14. The van der Waals surface area contributed by atoms with E-state index < -0.39 is 0 Å². The first-order chi connectivity index (χ1) is 11.1. The van der Waals surface area contributed by atoms with Crippen molar-refractivity contribution in [2.24, 2.45) is 5.92 Å². The predicted octanol–water partition coefficient (Wildman–Crippen LogP) is 3.70. The summed E-state index contributed by atoms with van der Waals surface area (Å²) in [7, 11) is 1.64. The molecule has 1 unspecified atom stereocenters. The Morgan fingerprint density at radius 2 is 1.96 bits per heavy atom. The summed E-state index contributed by atoms with van der Waals surface area (Å²) in [5.74, 6) is 1.29. The van der Waals surface area contributed by atoms with E-state index in [9.17, 15) is 4.79 Å². The molecular formula is C18H23N3O2. The quantitative estimate of drug-likeness (QED) is 0.883. The highest BCUT2D eigenvalue weighted by atomic mass is 16.5. The molecule has 23 heavy (non-hydrogen) atoms. The fourth-order valence-electron chi connectivity index (χ4n) is 2.10. The van der Waals surface area contributed by atoms with Gasteiger partial charge in [0.2, 0.25) is 5.91 Å². The average Bonchev–Trinajstić information content (AvgIpc) is 2.61. The van der Waals surface area contributed by atoms with Crippen LogP contribution in [-0.2, 0) is 11.2 Å². The Morgan fingerprint density at radius 3 is 2.52 bits per heavy atom. The van der Waals surface area contributed by atoms with Crippen molar-refractivity contribution in [1.29, 1.82) is 0 Å². The van der Waals surface area contributed by atoms with Crippen LogP contribution in [0.1, 0.15) is 32.9 Å². The normalized spacial score (nSPS) is 11.8. The zero-order valence-corrected chi connectivity index (χ0v) is 14.1.